The number of nitrogens with zero attached hydrogens (tertiary/aromatic N) is 1. The first kappa shape index (κ1) is 23.6. The monoisotopic (exact) mass is 439 g/mol. The molecular formula is C21H33N3O3S2. The average molecular weight is 440 g/mol. The molecule has 0 aromatic carbocycles. The molecule has 1 heterocycles. The maximum Gasteiger partial charge on any atom is 0.341 e. The number of ether oxygens (including phenoxy) is 1. The van der Waals surface area contributed by atoms with E-state index in [0.29, 0.717) is 57.1 Å². The van der Waals surface area contributed by atoms with Crippen LogP contribution in [0, 0.1) is 18.8 Å². The molecule has 1 aliphatic rings. The Morgan fingerprint density at radius 3 is 2.48 bits per heavy atom. The van der Waals surface area contributed by atoms with Gasteiger partial charge in [-0.1, -0.05) is 26.7 Å². The third kappa shape index (κ3) is 5.28. The number of carbonyl (C=O) groups is 2. The van der Waals surface area contributed by atoms with Gasteiger partial charge in [-0.15, -0.1) is 11.3 Å². The molecule has 0 unspecified atom stereocenters. The molecule has 0 saturated heterocycles. The molecule has 2 N–H and O–H groups in total. The number of hydrogen-bond acceptors (Lipinski definition) is 5. The highest BCUT2D eigenvalue weighted by molar-refractivity contribution is 7.80. The van der Waals surface area contributed by atoms with Gasteiger partial charge >= 0.3 is 5.97 Å². The fourth-order valence-electron chi connectivity index (χ4n) is 3.90. The molecule has 2 rings (SSSR count). The minimum Gasteiger partial charge on any atom is -0.465 e. The second kappa shape index (κ2) is 10.4. The first-order valence-corrected chi connectivity index (χ1v) is 11.6. The average Bonchev–Trinajstić information content (AvgIpc) is 3.01. The summed E-state index contributed by atoms with van der Waals surface area (Å²) < 4.78 is 4.97. The van der Waals surface area contributed by atoms with Gasteiger partial charge in [0.2, 0.25) is 0 Å². The van der Waals surface area contributed by atoms with Gasteiger partial charge in [-0.3, -0.25) is 4.79 Å². The smallest absolute Gasteiger partial charge is 0.341 e. The fraction of sp³-hybridized carbons (Fsp3) is 0.667. The Hall–Kier alpha value is -1.67. The molecule has 29 heavy (non-hydrogen) atoms. The fourth-order valence-corrected chi connectivity index (χ4v) is 5.39. The van der Waals surface area contributed by atoms with Gasteiger partial charge in [-0.05, 0) is 56.8 Å². The Morgan fingerprint density at radius 2 is 1.90 bits per heavy atom. The second-order valence-corrected chi connectivity index (χ2v) is 9.13. The van der Waals surface area contributed by atoms with Gasteiger partial charge in [0, 0.05) is 19.1 Å². The van der Waals surface area contributed by atoms with Crippen molar-refractivity contribution in [2.24, 2.45) is 11.8 Å². The van der Waals surface area contributed by atoms with E-state index in [2.05, 4.69) is 24.5 Å². The summed E-state index contributed by atoms with van der Waals surface area (Å²) in [5.41, 5.74) is 1.01. The minimum absolute atomic E-state index is 0.0793. The summed E-state index contributed by atoms with van der Waals surface area (Å²) in [5, 5.41) is 7.61. The third-order valence-electron chi connectivity index (χ3n) is 6.03. The van der Waals surface area contributed by atoms with Crippen LogP contribution in [0.4, 0.5) is 5.00 Å². The van der Waals surface area contributed by atoms with Gasteiger partial charge in [0.15, 0.2) is 5.11 Å². The summed E-state index contributed by atoms with van der Waals surface area (Å²) in [7, 11) is 1.34. The number of nitrogens with one attached hydrogen (secondary N) is 2. The van der Waals surface area contributed by atoms with Crippen molar-refractivity contribution in [2.75, 3.05) is 25.5 Å². The van der Waals surface area contributed by atoms with Crippen molar-refractivity contribution in [1.82, 2.24) is 10.2 Å². The molecular weight excluding hydrogens is 406 g/mol. The van der Waals surface area contributed by atoms with Crippen LogP contribution >= 0.6 is 23.6 Å². The van der Waals surface area contributed by atoms with E-state index in [-0.39, 0.29) is 5.91 Å². The molecule has 162 valence electrons. The quantitative estimate of drug-likeness (QED) is 0.505. The lowest BCUT2D eigenvalue weighted by Gasteiger charge is -2.35. The maximum atomic E-state index is 12.9. The third-order valence-corrected chi connectivity index (χ3v) is 7.45. The maximum absolute atomic E-state index is 12.9. The van der Waals surface area contributed by atoms with Gasteiger partial charge in [0.1, 0.15) is 5.00 Å². The predicted molar refractivity (Wildman–Crippen MR) is 123 cm³/mol. The van der Waals surface area contributed by atoms with E-state index in [0.717, 1.165) is 6.42 Å². The van der Waals surface area contributed by atoms with Gasteiger partial charge < -0.3 is 20.3 Å². The van der Waals surface area contributed by atoms with Crippen molar-refractivity contribution in [3.63, 3.8) is 0 Å². The van der Waals surface area contributed by atoms with E-state index < -0.39 is 5.97 Å². The van der Waals surface area contributed by atoms with Crippen LogP contribution in [0.5, 0.6) is 0 Å². The lowest BCUT2D eigenvalue weighted by Crippen LogP contribution is -2.45. The number of rotatable bonds is 6. The summed E-state index contributed by atoms with van der Waals surface area (Å²) in [6.45, 7) is 11.4. The molecule has 1 amide bonds. The Bertz CT molecular complexity index is 759. The van der Waals surface area contributed by atoms with Crippen LogP contribution < -0.4 is 10.6 Å². The van der Waals surface area contributed by atoms with Gasteiger partial charge in [-0.2, -0.15) is 0 Å². The molecule has 3 atom stereocenters. The molecule has 0 spiro atoms. The summed E-state index contributed by atoms with van der Waals surface area (Å²) in [4.78, 5) is 27.6. The number of anilines is 1. The van der Waals surface area contributed by atoms with Crippen molar-refractivity contribution in [3.8, 4) is 0 Å². The summed E-state index contributed by atoms with van der Waals surface area (Å²) in [6, 6.07) is 0.304. The predicted octanol–water partition coefficient (Wildman–Crippen LogP) is 4.44. The van der Waals surface area contributed by atoms with Gasteiger partial charge in [0.25, 0.3) is 5.91 Å². The summed E-state index contributed by atoms with van der Waals surface area (Å²) >= 11 is 6.80. The standard InChI is InChI=1S/C21H33N3O3S2/c1-7-24(8-2)19(25)17-14(5)16(20(26)27-6)18(29-17)23-21(28)22-15-11-9-10-12(3)13(15)4/h12-13,15H,7-11H2,1-6H3,(H2,22,23,28)/t12-,13+,15+/m1/s1. The van der Waals surface area contributed by atoms with Crippen molar-refractivity contribution in [3.05, 3.63) is 16.0 Å². The molecule has 0 aliphatic heterocycles. The Balaban J connectivity index is 2.26. The van der Waals surface area contributed by atoms with Crippen LogP contribution in [0.3, 0.4) is 0 Å². The Labute approximate surface area is 183 Å². The van der Waals surface area contributed by atoms with E-state index in [1.807, 2.05) is 13.8 Å². The number of hydrogen-bond donors (Lipinski definition) is 2. The van der Waals surface area contributed by atoms with Gasteiger partial charge in [0.05, 0.1) is 17.6 Å². The topological polar surface area (TPSA) is 70.7 Å². The summed E-state index contributed by atoms with van der Waals surface area (Å²) in [6.07, 6.45) is 3.50. The van der Waals surface area contributed by atoms with Gasteiger partial charge in [-0.25, -0.2) is 4.79 Å². The summed E-state index contributed by atoms with van der Waals surface area (Å²) in [5.74, 6) is 0.622. The van der Waals surface area contributed by atoms with E-state index in [1.165, 1.54) is 31.3 Å². The Morgan fingerprint density at radius 1 is 1.24 bits per heavy atom. The molecule has 6 nitrogen and oxygen atoms in total. The molecule has 0 radical (unpaired) electrons. The van der Waals surface area contributed by atoms with Crippen molar-refractivity contribution < 1.29 is 14.3 Å². The molecule has 1 saturated carbocycles. The van der Waals surface area contributed by atoms with Crippen LogP contribution in [0.1, 0.15) is 72.6 Å². The SMILES string of the molecule is CCN(CC)C(=O)c1sc(NC(=S)N[C@H]2CCC[C@@H](C)[C@@H]2C)c(C(=O)OC)c1C. The number of thiophene rings is 1. The number of carbonyl (C=O) groups excluding carboxylic acids is 2. The molecule has 8 heteroatoms. The zero-order chi connectivity index (χ0) is 21.7. The van der Waals surface area contributed by atoms with E-state index in [9.17, 15) is 9.59 Å². The van der Waals surface area contributed by atoms with Crippen LogP contribution in [0.25, 0.3) is 0 Å². The van der Waals surface area contributed by atoms with E-state index in [1.54, 1.807) is 11.8 Å². The largest absolute Gasteiger partial charge is 0.465 e. The lowest BCUT2D eigenvalue weighted by molar-refractivity contribution is 0.0601. The molecule has 0 bridgehead atoms. The first-order chi connectivity index (χ1) is 13.7. The minimum atomic E-state index is -0.470. The van der Waals surface area contributed by atoms with E-state index in [4.69, 9.17) is 17.0 Å². The highest BCUT2D eigenvalue weighted by atomic mass is 32.1. The van der Waals surface area contributed by atoms with E-state index >= 15 is 0 Å². The Kier molecular flexibility index (Phi) is 8.46. The van der Waals surface area contributed by atoms with Crippen molar-refractivity contribution >= 4 is 45.5 Å². The molecule has 1 aliphatic carbocycles. The van der Waals surface area contributed by atoms with Crippen LogP contribution in [0.15, 0.2) is 0 Å². The highest BCUT2D eigenvalue weighted by Gasteiger charge is 2.30. The van der Waals surface area contributed by atoms with Crippen molar-refractivity contribution in [1.29, 1.82) is 0 Å². The molecule has 1 aromatic heterocycles. The van der Waals surface area contributed by atoms with Crippen molar-refractivity contribution in [2.45, 2.75) is 59.9 Å². The number of amides is 1. The number of esters is 1. The normalized spacial score (nSPS) is 21.4. The molecule has 1 aromatic rings. The van der Waals surface area contributed by atoms with Crippen LogP contribution in [-0.4, -0.2) is 48.1 Å². The lowest BCUT2D eigenvalue weighted by atomic mass is 9.78. The van der Waals surface area contributed by atoms with Crippen LogP contribution in [-0.2, 0) is 4.74 Å². The second-order valence-electron chi connectivity index (χ2n) is 7.70. The number of thiocarbonyl (C=S) groups is 1. The zero-order valence-corrected chi connectivity index (χ0v) is 19.9. The highest BCUT2D eigenvalue weighted by Crippen LogP contribution is 2.35. The van der Waals surface area contributed by atoms with Crippen LogP contribution in [0.2, 0.25) is 0 Å². The number of methoxy groups -OCH3 is 1. The molecule has 1 fully saturated rings. The zero-order valence-electron chi connectivity index (χ0n) is 18.3. The first-order valence-electron chi connectivity index (χ1n) is 10.3.